The number of nitrogens with one attached hydrogen (secondary N) is 1. The number of carbonyl (C=O) groups excluding carboxylic acids is 1. The number of halogens is 1. The Morgan fingerprint density at radius 3 is 2.20 bits per heavy atom. The fourth-order valence-corrected chi connectivity index (χ4v) is 4.40. The topological polar surface area (TPSA) is 46.9 Å². The molecule has 4 aromatic carbocycles. The maximum absolute atomic E-state index is 12.6. The largest absolute Gasteiger partial charge is 0.355 e. The number of fused-ring (bicyclic) bond motifs is 1. The Bertz CT molecular complexity index is 1420. The Hall–Kier alpha value is -3.89. The SMILES string of the molecule is O=C(Cc1ccc(-c2ccccc2)cc1)NCCc1nc2ccccc2n1Cc1ccc(Cl)cc1. The van der Waals surface area contributed by atoms with Gasteiger partial charge in [-0.2, -0.15) is 0 Å². The highest BCUT2D eigenvalue weighted by atomic mass is 35.5. The molecule has 5 aromatic rings. The maximum atomic E-state index is 12.6. The minimum absolute atomic E-state index is 0.0119. The Morgan fingerprint density at radius 2 is 1.43 bits per heavy atom. The van der Waals surface area contributed by atoms with Crippen molar-refractivity contribution < 1.29 is 4.79 Å². The molecule has 0 aliphatic carbocycles. The van der Waals surface area contributed by atoms with E-state index in [1.54, 1.807) is 0 Å². The van der Waals surface area contributed by atoms with Gasteiger partial charge < -0.3 is 9.88 Å². The standard InChI is InChI=1S/C30H26ClN3O/c31-26-16-12-23(13-17-26)21-34-28-9-5-4-8-27(28)33-29(34)18-19-32-30(35)20-22-10-14-25(15-11-22)24-6-2-1-3-7-24/h1-17H,18-21H2,(H,32,35). The predicted molar refractivity (Wildman–Crippen MR) is 143 cm³/mol. The lowest BCUT2D eigenvalue weighted by Gasteiger charge is -2.11. The van der Waals surface area contributed by atoms with Gasteiger partial charge in [0.1, 0.15) is 5.82 Å². The summed E-state index contributed by atoms with van der Waals surface area (Å²) >= 11 is 6.05. The van der Waals surface area contributed by atoms with Crippen LogP contribution in [0, 0.1) is 0 Å². The summed E-state index contributed by atoms with van der Waals surface area (Å²) in [5, 5.41) is 3.78. The Balaban J connectivity index is 1.22. The smallest absolute Gasteiger partial charge is 0.224 e. The highest BCUT2D eigenvalue weighted by Gasteiger charge is 2.12. The van der Waals surface area contributed by atoms with Crippen molar-refractivity contribution in [3.63, 3.8) is 0 Å². The second-order valence-electron chi connectivity index (χ2n) is 8.57. The van der Waals surface area contributed by atoms with E-state index in [9.17, 15) is 4.79 Å². The molecular weight excluding hydrogens is 454 g/mol. The molecule has 0 spiro atoms. The lowest BCUT2D eigenvalue weighted by molar-refractivity contribution is -0.120. The molecule has 0 fully saturated rings. The van der Waals surface area contributed by atoms with Gasteiger partial charge in [-0.05, 0) is 46.5 Å². The van der Waals surface area contributed by atoms with E-state index >= 15 is 0 Å². The van der Waals surface area contributed by atoms with E-state index in [2.05, 4.69) is 40.2 Å². The monoisotopic (exact) mass is 479 g/mol. The molecule has 5 heteroatoms. The Labute approximate surface area is 210 Å². The fraction of sp³-hybridized carbons (Fsp3) is 0.133. The van der Waals surface area contributed by atoms with Crippen molar-refractivity contribution in [2.24, 2.45) is 0 Å². The third-order valence-corrected chi connectivity index (χ3v) is 6.34. The molecular formula is C30H26ClN3O. The Morgan fingerprint density at radius 1 is 0.771 bits per heavy atom. The van der Waals surface area contributed by atoms with Crippen molar-refractivity contribution >= 4 is 28.5 Å². The average Bonchev–Trinajstić information content (AvgIpc) is 3.23. The van der Waals surface area contributed by atoms with Crippen LogP contribution in [0.1, 0.15) is 17.0 Å². The molecule has 1 heterocycles. The number of carbonyl (C=O) groups is 1. The van der Waals surface area contributed by atoms with E-state index < -0.39 is 0 Å². The van der Waals surface area contributed by atoms with E-state index in [1.165, 1.54) is 5.56 Å². The minimum atomic E-state index is 0.0119. The third-order valence-electron chi connectivity index (χ3n) is 6.08. The quantitative estimate of drug-likeness (QED) is 0.283. The third kappa shape index (κ3) is 5.61. The summed E-state index contributed by atoms with van der Waals surface area (Å²) in [5.74, 6) is 0.964. The highest BCUT2D eigenvalue weighted by molar-refractivity contribution is 6.30. The zero-order chi connectivity index (χ0) is 24.0. The zero-order valence-corrected chi connectivity index (χ0v) is 20.1. The first-order chi connectivity index (χ1) is 17.2. The number of hydrogen-bond donors (Lipinski definition) is 1. The number of imidazole rings is 1. The van der Waals surface area contributed by atoms with Gasteiger partial charge in [0.25, 0.3) is 0 Å². The predicted octanol–water partition coefficient (Wildman–Crippen LogP) is 6.31. The molecule has 0 radical (unpaired) electrons. The van der Waals surface area contributed by atoms with Gasteiger partial charge in [0.2, 0.25) is 5.91 Å². The molecule has 0 atom stereocenters. The number of amides is 1. The normalized spacial score (nSPS) is 11.0. The molecule has 0 bridgehead atoms. The fourth-order valence-electron chi connectivity index (χ4n) is 4.27. The van der Waals surface area contributed by atoms with Crippen molar-refractivity contribution in [1.82, 2.24) is 14.9 Å². The number of hydrogen-bond acceptors (Lipinski definition) is 2. The van der Waals surface area contributed by atoms with Crippen LogP contribution in [-0.4, -0.2) is 22.0 Å². The van der Waals surface area contributed by atoms with Gasteiger partial charge in [0.15, 0.2) is 0 Å². The van der Waals surface area contributed by atoms with Crippen LogP contribution in [0.2, 0.25) is 5.02 Å². The van der Waals surface area contributed by atoms with E-state index in [-0.39, 0.29) is 5.91 Å². The van der Waals surface area contributed by atoms with Gasteiger partial charge in [0.05, 0.1) is 17.5 Å². The van der Waals surface area contributed by atoms with Crippen LogP contribution in [0.5, 0.6) is 0 Å². The molecule has 35 heavy (non-hydrogen) atoms. The molecule has 0 saturated carbocycles. The number of aromatic nitrogens is 2. The first-order valence-corrected chi connectivity index (χ1v) is 12.1. The van der Waals surface area contributed by atoms with E-state index in [1.807, 2.05) is 72.8 Å². The molecule has 0 unspecified atom stereocenters. The van der Waals surface area contributed by atoms with Crippen molar-refractivity contribution in [3.05, 3.63) is 125 Å². The molecule has 0 aliphatic rings. The van der Waals surface area contributed by atoms with Crippen LogP contribution >= 0.6 is 11.6 Å². The summed E-state index contributed by atoms with van der Waals surface area (Å²) in [6, 6.07) is 34.4. The molecule has 174 valence electrons. The second-order valence-corrected chi connectivity index (χ2v) is 9.01. The lowest BCUT2D eigenvalue weighted by Crippen LogP contribution is -2.28. The van der Waals surface area contributed by atoms with Gasteiger partial charge >= 0.3 is 0 Å². The maximum Gasteiger partial charge on any atom is 0.224 e. The summed E-state index contributed by atoms with van der Waals surface area (Å²) < 4.78 is 2.22. The molecule has 0 saturated heterocycles. The van der Waals surface area contributed by atoms with Crippen LogP contribution in [0.25, 0.3) is 22.2 Å². The zero-order valence-electron chi connectivity index (χ0n) is 19.3. The number of rotatable bonds is 8. The number of para-hydroxylation sites is 2. The van der Waals surface area contributed by atoms with Crippen molar-refractivity contribution in [2.45, 2.75) is 19.4 Å². The summed E-state index contributed by atoms with van der Waals surface area (Å²) in [4.78, 5) is 17.4. The second kappa shape index (κ2) is 10.6. The minimum Gasteiger partial charge on any atom is -0.355 e. The molecule has 0 aliphatic heterocycles. The summed E-state index contributed by atoms with van der Waals surface area (Å²) in [6.45, 7) is 1.24. The van der Waals surface area contributed by atoms with Crippen molar-refractivity contribution in [3.8, 4) is 11.1 Å². The van der Waals surface area contributed by atoms with Gasteiger partial charge in [-0.1, -0.05) is 90.5 Å². The van der Waals surface area contributed by atoms with Gasteiger partial charge in [0, 0.05) is 24.5 Å². The Kier molecular flexibility index (Phi) is 6.92. The first kappa shape index (κ1) is 22.9. The molecule has 4 nitrogen and oxygen atoms in total. The van der Waals surface area contributed by atoms with Crippen LogP contribution in [0.4, 0.5) is 0 Å². The van der Waals surface area contributed by atoms with E-state index in [0.717, 1.165) is 38.6 Å². The van der Waals surface area contributed by atoms with Crippen LogP contribution in [0.15, 0.2) is 103 Å². The van der Waals surface area contributed by atoms with Crippen LogP contribution < -0.4 is 5.32 Å². The molecule has 1 N–H and O–H groups in total. The van der Waals surface area contributed by atoms with Gasteiger partial charge in [-0.15, -0.1) is 0 Å². The summed E-state index contributed by atoms with van der Waals surface area (Å²) in [5.41, 5.74) is 6.52. The van der Waals surface area contributed by atoms with Crippen LogP contribution in [-0.2, 0) is 24.2 Å². The molecule has 1 amide bonds. The number of nitrogens with zero attached hydrogens (tertiary/aromatic N) is 2. The van der Waals surface area contributed by atoms with E-state index in [0.29, 0.717) is 25.9 Å². The van der Waals surface area contributed by atoms with Crippen molar-refractivity contribution in [2.75, 3.05) is 6.54 Å². The molecule has 5 rings (SSSR count). The summed E-state index contributed by atoms with van der Waals surface area (Å²) in [7, 11) is 0. The van der Waals surface area contributed by atoms with Crippen LogP contribution in [0.3, 0.4) is 0 Å². The lowest BCUT2D eigenvalue weighted by atomic mass is 10.0. The summed E-state index contributed by atoms with van der Waals surface area (Å²) in [6.07, 6.45) is 1.01. The van der Waals surface area contributed by atoms with Gasteiger partial charge in [-0.25, -0.2) is 4.98 Å². The van der Waals surface area contributed by atoms with Gasteiger partial charge in [-0.3, -0.25) is 4.79 Å². The molecule has 1 aromatic heterocycles. The van der Waals surface area contributed by atoms with E-state index in [4.69, 9.17) is 16.6 Å². The average molecular weight is 480 g/mol. The highest BCUT2D eigenvalue weighted by Crippen LogP contribution is 2.20. The number of benzene rings is 4. The first-order valence-electron chi connectivity index (χ1n) is 11.8. The van der Waals surface area contributed by atoms with Crippen molar-refractivity contribution in [1.29, 1.82) is 0 Å².